The number of carbonyl (C=O) groups is 2. The summed E-state index contributed by atoms with van der Waals surface area (Å²) < 4.78 is 22.0. The van der Waals surface area contributed by atoms with Crippen LogP contribution < -0.4 is 10.6 Å². The summed E-state index contributed by atoms with van der Waals surface area (Å²) in [5.41, 5.74) is 6.25. The first-order valence-corrected chi connectivity index (χ1v) is 12.6. The Bertz CT molecular complexity index is 1250. The predicted octanol–water partition coefficient (Wildman–Crippen LogP) is 5.58. The van der Waals surface area contributed by atoms with Crippen molar-refractivity contribution in [3.8, 4) is 0 Å². The lowest BCUT2D eigenvalue weighted by Crippen LogP contribution is -2.42. The summed E-state index contributed by atoms with van der Waals surface area (Å²) in [5.74, 6) is -1.89. The number of carbonyl (C=O) groups excluding carboxylic acids is 1. The molecular formula is C30H34FN3O4. The first kappa shape index (κ1) is 27.0. The molecule has 0 bridgehead atoms. The highest BCUT2D eigenvalue weighted by atomic mass is 19.1. The van der Waals surface area contributed by atoms with E-state index in [1.807, 2.05) is 65.6 Å². The van der Waals surface area contributed by atoms with Gasteiger partial charge in [0.25, 0.3) is 0 Å². The molecule has 1 fully saturated rings. The van der Waals surface area contributed by atoms with E-state index in [9.17, 15) is 14.7 Å². The first-order valence-electron chi connectivity index (χ1n) is 12.6. The quantitative estimate of drug-likeness (QED) is 0.396. The fraction of sp³-hybridized carbons (Fsp3) is 0.333. The van der Waals surface area contributed by atoms with Crippen molar-refractivity contribution in [3.63, 3.8) is 0 Å². The van der Waals surface area contributed by atoms with Crippen LogP contribution in [0.25, 0.3) is 0 Å². The predicted molar refractivity (Wildman–Crippen MR) is 145 cm³/mol. The summed E-state index contributed by atoms with van der Waals surface area (Å²) in [5, 5.41) is 10.4. The minimum atomic E-state index is -1.63. The van der Waals surface area contributed by atoms with E-state index in [0.717, 1.165) is 11.1 Å². The van der Waals surface area contributed by atoms with Gasteiger partial charge in [0.15, 0.2) is 5.82 Å². The Hall–Kier alpha value is -4.07. The number of hydrogen-bond acceptors (Lipinski definition) is 5. The molecule has 3 N–H and O–H groups in total. The van der Waals surface area contributed by atoms with Gasteiger partial charge in [0.05, 0.1) is 11.4 Å². The molecule has 3 aromatic rings. The summed E-state index contributed by atoms with van der Waals surface area (Å²) in [6, 6.07) is 22.3. The molecule has 0 saturated carbocycles. The topological polar surface area (TPSA) is 96.1 Å². The Morgan fingerprint density at radius 1 is 1.00 bits per heavy atom. The summed E-state index contributed by atoms with van der Waals surface area (Å²) in [6.45, 7) is 5.89. The van der Waals surface area contributed by atoms with E-state index < -0.39 is 28.9 Å². The van der Waals surface area contributed by atoms with Crippen LogP contribution in [0.1, 0.15) is 43.9 Å². The number of halogens is 1. The van der Waals surface area contributed by atoms with Gasteiger partial charge in [-0.15, -0.1) is 0 Å². The summed E-state index contributed by atoms with van der Waals surface area (Å²) >= 11 is 0. The maximum Gasteiger partial charge on any atom is 0.410 e. The highest BCUT2D eigenvalue weighted by molar-refractivity contribution is 5.85. The Morgan fingerprint density at radius 3 is 2.05 bits per heavy atom. The molecule has 0 aliphatic carbocycles. The van der Waals surface area contributed by atoms with E-state index in [0.29, 0.717) is 13.1 Å². The summed E-state index contributed by atoms with van der Waals surface area (Å²) in [6.07, 6.45) is -0.564. The van der Waals surface area contributed by atoms with E-state index in [2.05, 4.69) is 0 Å². The molecule has 1 saturated heterocycles. The highest BCUT2D eigenvalue weighted by Gasteiger charge is 2.50. The van der Waals surface area contributed by atoms with Gasteiger partial charge in [0, 0.05) is 31.7 Å². The van der Waals surface area contributed by atoms with Crippen LogP contribution in [0.4, 0.5) is 20.6 Å². The molecule has 0 spiro atoms. The number of ether oxygens (including phenoxy) is 1. The Kier molecular flexibility index (Phi) is 7.62. The van der Waals surface area contributed by atoms with Gasteiger partial charge >= 0.3 is 12.1 Å². The van der Waals surface area contributed by atoms with E-state index in [1.165, 1.54) is 11.0 Å². The molecule has 4 rings (SSSR count). The Balaban J connectivity index is 1.75. The molecule has 1 aliphatic rings. The molecule has 200 valence electrons. The van der Waals surface area contributed by atoms with Gasteiger partial charge in [-0.3, -0.25) is 4.79 Å². The largest absolute Gasteiger partial charge is 0.481 e. The lowest BCUT2D eigenvalue weighted by molar-refractivity contribution is -0.143. The molecule has 1 unspecified atom stereocenters. The molecular weight excluding hydrogens is 485 g/mol. The van der Waals surface area contributed by atoms with Gasteiger partial charge in [0.1, 0.15) is 11.0 Å². The second-order valence-electron chi connectivity index (χ2n) is 10.7. The van der Waals surface area contributed by atoms with E-state index >= 15 is 4.39 Å². The van der Waals surface area contributed by atoms with Crippen LogP contribution in [-0.4, -0.2) is 40.8 Å². The average Bonchev–Trinajstić information content (AvgIpc) is 3.31. The van der Waals surface area contributed by atoms with Crippen LogP contribution in [-0.2, 0) is 28.0 Å². The zero-order valence-electron chi connectivity index (χ0n) is 22.0. The molecule has 3 aromatic carbocycles. The second kappa shape index (κ2) is 10.7. The van der Waals surface area contributed by atoms with Crippen LogP contribution in [0.3, 0.4) is 0 Å². The van der Waals surface area contributed by atoms with Crippen LogP contribution in [0.5, 0.6) is 0 Å². The molecule has 7 nitrogen and oxygen atoms in total. The maximum absolute atomic E-state index is 16.5. The van der Waals surface area contributed by atoms with Crippen molar-refractivity contribution in [1.82, 2.24) is 4.90 Å². The number of nitrogens with two attached hydrogens (primary N) is 1. The van der Waals surface area contributed by atoms with Gasteiger partial charge < -0.3 is 25.4 Å². The Labute approximate surface area is 222 Å². The van der Waals surface area contributed by atoms with Gasteiger partial charge in [-0.1, -0.05) is 66.7 Å². The lowest BCUT2D eigenvalue weighted by atomic mass is 9.79. The lowest BCUT2D eigenvalue weighted by Gasteiger charge is -2.31. The standard InChI is InChI=1S/C30H34FN3O4/c1-29(2,3)38-28(37)33-17-16-30(20-33,27(35)36)23-14-15-24(32)26(25(23)31)34(18-21-10-6-4-7-11-21)19-22-12-8-5-9-13-22/h4-15H,16-20,32H2,1-3H3,(H,35,36). The SMILES string of the molecule is CC(C)(C)OC(=O)N1CCC(C(=O)O)(c2ccc(N)c(N(Cc3ccccc3)Cc3ccccc3)c2F)C1. The molecule has 0 radical (unpaired) electrons. The number of nitrogens with zero attached hydrogens (tertiary/aromatic N) is 2. The average molecular weight is 520 g/mol. The monoisotopic (exact) mass is 519 g/mol. The summed E-state index contributed by atoms with van der Waals surface area (Å²) in [4.78, 5) is 28.6. The van der Waals surface area contributed by atoms with Crippen LogP contribution in [0.15, 0.2) is 72.8 Å². The third-order valence-corrected chi connectivity index (χ3v) is 6.74. The third-order valence-electron chi connectivity index (χ3n) is 6.74. The number of nitrogen functional groups attached to an aromatic ring is 1. The Morgan fingerprint density at radius 2 is 1.55 bits per heavy atom. The van der Waals surface area contributed by atoms with Gasteiger partial charge in [-0.05, 0) is 44.4 Å². The minimum absolute atomic E-state index is 0.00591. The molecule has 8 heteroatoms. The number of anilines is 2. The van der Waals surface area contributed by atoms with Crippen LogP contribution in [0, 0.1) is 5.82 Å². The van der Waals surface area contributed by atoms with E-state index in [1.54, 1.807) is 26.8 Å². The van der Waals surface area contributed by atoms with Gasteiger partial charge in [-0.2, -0.15) is 0 Å². The normalized spacial score (nSPS) is 17.3. The van der Waals surface area contributed by atoms with E-state index in [-0.39, 0.29) is 36.4 Å². The van der Waals surface area contributed by atoms with Crippen molar-refractivity contribution in [1.29, 1.82) is 0 Å². The van der Waals surface area contributed by atoms with Crippen LogP contribution in [0.2, 0.25) is 0 Å². The number of hydrogen-bond donors (Lipinski definition) is 2. The number of amides is 1. The molecule has 1 amide bonds. The third kappa shape index (κ3) is 5.74. The van der Waals surface area contributed by atoms with E-state index in [4.69, 9.17) is 10.5 Å². The fourth-order valence-electron chi connectivity index (χ4n) is 4.89. The smallest absolute Gasteiger partial charge is 0.410 e. The second-order valence-corrected chi connectivity index (χ2v) is 10.7. The zero-order chi connectivity index (χ0) is 27.5. The van der Waals surface area contributed by atoms with Crippen molar-refractivity contribution in [2.24, 2.45) is 0 Å². The number of likely N-dealkylation sites (tertiary alicyclic amines) is 1. The van der Waals surface area contributed by atoms with Crippen LogP contribution >= 0.6 is 0 Å². The van der Waals surface area contributed by atoms with Gasteiger partial charge in [-0.25, -0.2) is 9.18 Å². The van der Waals surface area contributed by atoms with Crippen molar-refractivity contribution >= 4 is 23.4 Å². The molecule has 0 aromatic heterocycles. The highest BCUT2D eigenvalue weighted by Crippen LogP contribution is 2.42. The first-order chi connectivity index (χ1) is 18.0. The van der Waals surface area contributed by atoms with Gasteiger partial charge in [0.2, 0.25) is 0 Å². The zero-order valence-corrected chi connectivity index (χ0v) is 22.0. The molecule has 1 atom stereocenters. The number of aliphatic carboxylic acids is 1. The molecule has 38 heavy (non-hydrogen) atoms. The van der Waals surface area contributed by atoms with Crippen molar-refractivity contribution in [2.75, 3.05) is 23.7 Å². The molecule has 1 aliphatic heterocycles. The number of benzene rings is 3. The van der Waals surface area contributed by atoms with Crippen molar-refractivity contribution in [3.05, 3.63) is 95.3 Å². The number of carboxylic acids is 1. The number of carboxylic acid groups (broad SMARTS) is 1. The van der Waals surface area contributed by atoms with Crippen molar-refractivity contribution < 1.29 is 23.8 Å². The fourth-order valence-corrected chi connectivity index (χ4v) is 4.89. The maximum atomic E-state index is 16.5. The number of rotatable bonds is 7. The molecule has 1 heterocycles. The van der Waals surface area contributed by atoms with Crippen molar-refractivity contribution in [2.45, 2.75) is 51.3 Å². The minimum Gasteiger partial charge on any atom is -0.481 e. The summed E-state index contributed by atoms with van der Waals surface area (Å²) in [7, 11) is 0.